The van der Waals surface area contributed by atoms with Gasteiger partial charge < -0.3 is 15.1 Å². The van der Waals surface area contributed by atoms with Crippen molar-refractivity contribution in [3.05, 3.63) is 60.5 Å². The highest BCUT2D eigenvalue weighted by Crippen LogP contribution is 2.19. The summed E-state index contributed by atoms with van der Waals surface area (Å²) < 4.78 is 0. The van der Waals surface area contributed by atoms with Crippen LogP contribution in [-0.4, -0.2) is 45.2 Å². The van der Waals surface area contributed by atoms with Crippen molar-refractivity contribution in [1.82, 2.24) is 25.5 Å². The molecule has 8 nitrogen and oxygen atoms in total. The summed E-state index contributed by atoms with van der Waals surface area (Å²) in [5, 5.41) is 10.9. The van der Waals surface area contributed by atoms with Crippen molar-refractivity contribution in [3.8, 4) is 0 Å². The molecule has 27 heavy (non-hydrogen) atoms. The summed E-state index contributed by atoms with van der Waals surface area (Å²) in [6.45, 7) is 3.41. The normalized spacial score (nSPS) is 17.3. The van der Waals surface area contributed by atoms with E-state index < -0.39 is 0 Å². The number of rotatable bonds is 5. The fourth-order valence-corrected chi connectivity index (χ4v) is 3.15. The second-order valence-electron chi connectivity index (χ2n) is 6.43. The maximum Gasteiger partial charge on any atom is 0.247 e. The largest absolute Gasteiger partial charge is 0.369 e. The Hall–Kier alpha value is -3.42. The zero-order chi connectivity index (χ0) is 18.6. The lowest BCUT2D eigenvalue weighted by Crippen LogP contribution is -2.36. The molecule has 1 atom stereocenters. The minimum atomic E-state index is -0.190. The molecule has 138 valence electrons. The molecule has 0 saturated carbocycles. The Kier molecular flexibility index (Phi) is 4.69. The quantitative estimate of drug-likeness (QED) is 0.546. The highest BCUT2D eigenvalue weighted by Gasteiger charge is 2.23. The molecule has 3 heterocycles. The molecule has 3 aromatic rings. The van der Waals surface area contributed by atoms with Crippen molar-refractivity contribution in [2.75, 3.05) is 18.0 Å². The number of fused-ring (bicyclic) bond motifs is 1. The highest BCUT2D eigenvalue weighted by molar-refractivity contribution is 5.88. The number of hydrogen-bond acceptors (Lipinski definition) is 6. The number of pyridine rings is 1. The molecule has 0 aliphatic carbocycles. The number of allylic oxidation sites excluding steroid dienone is 1. The fraction of sp³-hybridized carbons (Fsp3) is 0.263. The van der Waals surface area contributed by atoms with Gasteiger partial charge in [-0.1, -0.05) is 23.0 Å². The van der Waals surface area contributed by atoms with Gasteiger partial charge in [0.15, 0.2) is 0 Å². The Morgan fingerprint density at radius 2 is 2.11 bits per heavy atom. The van der Waals surface area contributed by atoms with Gasteiger partial charge in [0.25, 0.3) is 0 Å². The van der Waals surface area contributed by atoms with Crippen LogP contribution in [0.25, 0.3) is 11.2 Å². The SMILES string of the molecule is C/C(=C\C(=O)NC1CCN(c2ccccc2)C1)On1nnc2cccnc21. The number of nitrogens with one attached hydrogen (secondary N) is 1. The Bertz CT molecular complexity index is 969. The van der Waals surface area contributed by atoms with E-state index in [0.29, 0.717) is 16.9 Å². The summed E-state index contributed by atoms with van der Waals surface area (Å²) in [5.74, 6) is 0.215. The van der Waals surface area contributed by atoms with Gasteiger partial charge in [0.2, 0.25) is 11.6 Å². The van der Waals surface area contributed by atoms with Gasteiger partial charge in [-0.3, -0.25) is 4.79 Å². The Morgan fingerprint density at radius 3 is 2.96 bits per heavy atom. The standard InChI is InChI=1S/C19H20N6O2/c1-14(27-25-19-17(22-23-25)8-5-10-20-19)12-18(26)21-15-9-11-24(13-15)16-6-3-2-4-7-16/h2-8,10,12,15H,9,11,13H2,1H3,(H,21,26)/b14-12+. The zero-order valence-corrected chi connectivity index (χ0v) is 14.9. The number of carbonyl (C=O) groups is 1. The predicted octanol–water partition coefficient (Wildman–Crippen LogP) is 1.55. The molecule has 1 aliphatic heterocycles. The topological polar surface area (TPSA) is 85.2 Å². The van der Waals surface area contributed by atoms with Gasteiger partial charge in [0.05, 0.1) is 0 Å². The second-order valence-corrected chi connectivity index (χ2v) is 6.43. The number of carbonyl (C=O) groups excluding carboxylic acids is 1. The van der Waals surface area contributed by atoms with Crippen molar-refractivity contribution in [1.29, 1.82) is 0 Å². The Balaban J connectivity index is 1.34. The average molecular weight is 364 g/mol. The summed E-state index contributed by atoms with van der Waals surface area (Å²) in [6.07, 6.45) is 3.96. The molecule has 1 saturated heterocycles. The number of benzene rings is 1. The fourth-order valence-electron chi connectivity index (χ4n) is 3.15. The lowest BCUT2D eigenvalue weighted by molar-refractivity contribution is -0.117. The Morgan fingerprint density at radius 1 is 1.26 bits per heavy atom. The molecule has 4 rings (SSSR count). The lowest BCUT2D eigenvalue weighted by Gasteiger charge is -2.18. The summed E-state index contributed by atoms with van der Waals surface area (Å²) in [6, 6.07) is 13.9. The monoisotopic (exact) mass is 364 g/mol. The minimum absolute atomic E-state index is 0.107. The molecule has 0 spiro atoms. The first kappa shape index (κ1) is 17.0. The first-order valence-electron chi connectivity index (χ1n) is 8.82. The number of nitrogens with zero attached hydrogens (tertiary/aromatic N) is 5. The van der Waals surface area contributed by atoms with Crippen molar-refractivity contribution in [2.24, 2.45) is 0 Å². The van der Waals surface area contributed by atoms with Crippen LogP contribution in [0.2, 0.25) is 0 Å². The summed E-state index contributed by atoms with van der Waals surface area (Å²) in [7, 11) is 0. The minimum Gasteiger partial charge on any atom is -0.369 e. The third-order valence-electron chi connectivity index (χ3n) is 4.40. The molecule has 1 aromatic carbocycles. The van der Waals surface area contributed by atoms with Crippen molar-refractivity contribution < 1.29 is 9.63 Å². The molecule has 1 N–H and O–H groups in total. The van der Waals surface area contributed by atoms with Crippen LogP contribution in [-0.2, 0) is 4.79 Å². The van der Waals surface area contributed by atoms with E-state index in [1.54, 1.807) is 25.3 Å². The molecule has 2 aromatic heterocycles. The van der Waals surface area contributed by atoms with Gasteiger partial charge in [0, 0.05) is 37.1 Å². The molecule has 1 unspecified atom stereocenters. The molecular formula is C19H20N6O2. The predicted molar refractivity (Wildman–Crippen MR) is 101 cm³/mol. The van der Waals surface area contributed by atoms with Crippen LogP contribution in [0.1, 0.15) is 13.3 Å². The van der Waals surface area contributed by atoms with Crippen molar-refractivity contribution in [3.63, 3.8) is 0 Å². The van der Waals surface area contributed by atoms with E-state index in [0.717, 1.165) is 19.5 Å². The molecule has 0 radical (unpaired) electrons. The second kappa shape index (κ2) is 7.45. The maximum absolute atomic E-state index is 12.3. The van der Waals surface area contributed by atoms with Crippen LogP contribution in [0.4, 0.5) is 5.69 Å². The van der Waals surface area contributed by atoms with E-state index in [9.17, 15) is 4.79 Å². The number of amides is 1. The maximum atomic E-state index is 12.3. The lowest BCUT2D eigenvalue weighted by atomic mass is 10.2. The molecule has 1 aliphatic rings. The third-order valence-corrected chi connectivity index (χ3v) is 4.40. The van der Waals surface area contributed by atoms with Crippen LogP contribution < -0.4 is 15.1 Å². The van der Waals surface area contributed by atoms with Gasteiger partial charge >= 0.3 is 0 Å². The Labute approximate surface area is 156 Å². The van der Waals surface area contributed by atoms with Crippen LogP contribution in [0, 0.1) is 0 Å². The van der Waals surface area contributed by atoms with E-state index in [1.807, 2.05) is 18.2 Å². The first-order valence-corrected chi connectivity index (χ1v) is 8.82. The number of aromatic nitrogens is 4. The van der Waals surface area contributed by atoms with Crippen LogP contribution in [0.15, 0.2) is 60.5 Å². The van der Waals surface area contributed by atoms with Crippen molar-refractivity contribution in [2.45, 2.75) is 19.4 Å². The van der Waals surface area contributed by atoms with Gasteiger partial charge in [-0.15, -0.1) is 5.10 Å². The van der Waals surface area contributed by atoms with E-state index in [4.69, 9.17) is 4.84 Å². The van der Waals surface area contributed by atoms with Crippen LogP contribution in [0.5, 0.6) is 0 Å². The summed E-state index contributed by atoms with van der Waals surface area (Å²) in [5.41, 5.74) is 2.30. The number of hydrogen-bond donors (Lipinski definition) is 1. The van der Waals surface area contributed by atoms with Gasteiger partial charge in [-0.25, -0.2) is 4.98 Å². The highest BCUT2D eigenvalue weighted by atomic mass is 16.7. The number of para-hydroxylation sites is 1. The summed E-state index contributed by atoms with van der Waals surface area (Å²) in [4.78, 5) is 25.5. The van der Waals surface area contributed by atoms with E-state index in [-0.39, 0.29) is 11.9 Å². The summed E-state index contributed by atoms with van der Waals surface area (Å²) >= 11 is 0. The molecular weight excluding hydrogens is 344 g/mol. The molecule has 0 bridgehead atoms. The van der Waals surface area contributed by atoms with E-state index >= 15 is 0 Å². The van der Waals surface area contributed by atoms with Gasteiger partial charge in [-0.2, -0.15) is 0 Å². The van der Waals surface area contributed by atoms with Crippen molar-refractivity contribution >= 4 is 22.8 Å². The van der Waals surface area contributed by atoms with Crippen LogP contribution >= 0.6 is 0 Å². The van der Waals surface area contributed by atoms with E-state index in [2.05, 4.69) is 37.6 Å². The number of anilines is 1. The van der Waals surface area contributed by atoms with E-state index in [1.165, 1.54) is 16.6 Å². The average Bonchev–Trinajstić information content (AvgIpc) is 3.30. The molecule has 1 fully saturated rings. The van der Waals surface area contributed by atoms with Crippen LogP contribution in [0.3, 0.4) is 0 Å². The first-order chi connectivity index (χ1) is 13.2. The van der Waals surface area contributed by atoms with Gasteiger partial charge in [-0.05, 0) is 42.8 Å². The smallest absolute Gasteiger partial charge is 0.247 e. The zero-order valence-electron chi connectivity index (χ0n) is 14.9. The van der Waals surface area contributed by atoms with Gasteiger partial charge in [0.1, 0.15) is 11.3 Å². The molecule has 8 heteroatoms. The molecule has 1 amide bonds. The third kappa shape index (κ3) is 3.89.